The normalized spacial score (nSPS) is 11.5. The predicted octanol–water partition coefficient (Wildman–Crippen LogP) is 3.03. The summed E-state index contributed by atoms with van der Waals surface area (Å²) < 4.78 is 3.11. The Hall–Kier alpha value is -3.52. The van der Waals surface area contributed by atoms with E-state index in [9.17, 15) is 4.79 Å². The first-order valence-corrected chi connectivity index (χ1v) is 9.09. The van der Waals surface area contributed by atoms with Crippen LogP contribution in [-0.2, 0) is 6.42 Å². The van der Waals surface area contributed by atoms with Gasteiger partial charge in [0.1, 0.15) is 6.33 Å². The van der Waals surface area contributed by atoms with Crippen molar-refractivity contribution in [2.75, 3.05) is 0 Å². The van der Waals surface area contributed by atoms with Crippen LogP contribution in [0, 0.1) is 0 Å². The minimum atomic E-state index is -0.249. The first kappa shape index (κ1) is 16.6. The fraction of sp³-hybridized carbons (Fsp3) is 0.105. The number of aromatic nitrogens is 7. The molecule has 138 valence electrons. The summed E-state index contributed by atoms with van der Waals surface area (Å²) in [6.45, 7) is 2.04. The van der Waals surface area contributed by atoms with Gasteiger partial charge in [-0.15, -0.1) is 0 Å². The number of hydrogen-bond donors (Lipinski definition) is 1. The molecule has 0 saturated carbocycles. The molecule has 0 spiro atoms. The van der Waals surface area contributed by atoms with E-state index in [2.05, 4.69) is 20.2 Å². The molecular weight excluding hydrogens is 378 g/mol. The smallest absolute Gasteiger partial charge is 0.268 e. The standard InChI is InChI=1S/C19H14ClN7O/c1-2-14-16(11-4-3-5-12(20)8-11)17-21-9-13-15(27(17)25-14)6-7-26(18(13)28)19-22-10-23-24-19/h3-10H,2H2,1H3,(H,22,23,24). The third-order valence-electron chi connectivity index (χ3n) is 4.66. The van der Waals surface area contributed by atoms with Gasteiger partial charge in [-0.2, -0.15) is 15.2 Å². The molecule has 0 unspecified atom stereocenters. The predicted molar refractivity (Wildman–Crippen MR) is 106 cm³/mol. The van der Waals surface area contributed by atoms with Gasteiger partial charge in [0.05, 0.1) is 16.6 Å². The summed E-state index contributed by atoms with van der Waals surface area (Å²) >= 11 is 6.18. The number of pyridine rings is 1. The van der Waals surface area contributed by atoms with Crippen LogP contribution in [0.15, 0.2) is 53.8 Å². The Balaban J connectivity index is 1.82. The van der Waals surface area contributed by atoms with Gasteiger partial charge in [0.15, 0.2) is 5.65 Å². The number of fused-ring (bicyclic) bond motifs is 3. The summed E-state index contributed by atoms with van der Waals surface area (Å²) in [6, 6.07) is 9.43. The number of hydrogen-bond acceptors (Lipinski definition) is 5. The van der Waals surface area contributed by atoms with E-state index in [0.29, 0.717) is 27.5 Å². The zero-order chi connectivity index (χ0) is 19.3. The van der Waals surface area contributed by atoms with Gasteiger partial charge in [0.25, 0.3) is 5.56 Å². The quantitative estimate of drug-likeness (QED) is 0.510. The minimum Gasteiger partial charge on any atom is -0.268 e. The van der Waals surface area contributed by atoms with Gasteiger partial charge >= 0.3 is 0 Å². The molecule has 0 aliphatic rings. The molecular formula is C19H14ClN7O. The van der Waals surface area contributed by atoms with Crippen molar-refractivity contribution in [2.24, 2.45) is 0 Å². The first-order valence-electron chi connectivity index (χ1n) is 8.71. The fourth-order valence-electron chi connectivity index (χ4n) is 3.38. The largest absolute Gasteiger partial charge is 0.268 e. The SMILES string of the molecule is CCc1nn2c(ncc3c(=O)n(-c4ncn[nH]4)ccc32)c1-c1cccc(Cl)c1. The van der Waals surface area contributed by atoms with Gasteiger partial charge in [-0.1, -0.05) is 30.7 Å². The molecule has 8 nitrogen and oxygen atoms in total. The van der Waals surface area contributed by atoms with Crippen molar-refractivity contribution in [1.29, 1.82) is 0 Å². The van der Waals surface area contributed by atoms with E-state index in [-0.39, 0.29) is 5.56 Å². The van der Waals surface area contributed by atoms with Crippen LogP contribution in [0.3, 0.4) is 0 Å². The van der Waals surface area contributed by atoms with Crippen LogP contribution in [0.1, 0.15) is 12.6 Å². The van der Waals surface area contributed by atoms with Crippen molar-refractivity contribution in [3.63, 3.8) is 0 Å². The lowest BCUT2D eigenvalue weighted by Crippen LogP contribution is -2.19. The number of halogens is 1. The summed E-state index contributed by atoms with van der Waals surface area (Å²) in [5, 5.41) is 12.3. The van der Waals surface area contributed by atoms with Gasteiger partial charge in [0.2, 0.25) is 5.95 Å². The third-order valence-corrected chi connectivity index (χ3v) is 4.90. The number of aryl methyl sites for hydroxylation is 1. The van der Waals surface area contributed by atoms with E-state index in [1.54, 1.807) is 16.9 Å². The number of nitrogens with one attached hydrogen (secondary N) is 1. The van der Waals surface area contributed by atoms with Gasteiger partial charge in [0, 0.05) is 23.0 Å². The second-order valence-electron chi connectivity index (χ2n) is 6.28. The van der Waals surface area contributed by atoms with Crippen LogP contribution < -0.4 is 5.56 Å². The van der Waals surface area contributed by atoms with Crippen LogP contribution in [0.2, 0.25) is 5.02 Å². The Labute approximate surface area is 163 Å². The van der Waals surface area contributed by atoms with Crippen molar-refractivity contribution in [2.45, 2.75) is 13.3 Å². The fourth-order valence-corrected chi connectivity index (χ4v) is 3.57. The van der Waals surface area contributed by atoms with Gasteiger partial charge < -0.3 is 0 Å². The molecule has 5 aromatic rings. The van der Waals surface area contributed by atoms with Crippen molar-refractivity contribution >= 4 is 28.2 Å². The molecule has 0 aliphatic heterocycles. The average molecular weight is 392 g/mol. The summed E-state index contributed by atoms with van der Waals surface area (Å²) in [5.41, 5.74) is 3.87. The highest BCUT2D eigenvalue weighted by molar-refractivity contribution is 6.30. The molecule has 0 amide bonds. The topological polar surface area (TPSA) is 93.8 Å². The highest BCUT2D eigenvalue weighted by Crippen LogP contribution is 2.30. The van der Waals surface area contributed by atoms with Crippen molar-refractivity contribution in [1.82, 2.24) is 34.3 Å². The zero-order valence-electron chi connectivity index (χ0n) is 14.8. The van der Waals surface area contributed by atoms with Crippen LogP contribution in [0.4, 0.5) is 0 Å². The highest BCUT2D eigenvalue weighted by Gasteiger charge is 2.18. The number of benzene rings is 1. The van der Waals surface area contributed by atoms with E-state index in [0.717, 1.165) is 23.2 Å². The van der Waals surface area contributed by atoms with E-state index in [1.165, 1.54) is 10.9 Å². The van der Waals surface area contributed by atoms with Crippen LogP contribution in [0.5, 0.6) is 0 Å². The lowest BCUT2D eigenvalue weighted by molar-refractivity contribution is 0.885. The summed E-state index contributed by atoms with van der Waals surface area (Å²) in [4.78, 5) is 21.5. The van der Waals surface area contributed by atoms with Crippen molar-refractivity contribution in [3.8, 4) is 17.1 Å². The van der Waals surface area contributed by atoms with E-state index in [4.69, 9.17) is 16.7 Å². The molecule has 4 aromatic heterocycles. The second-order valence-corrected chi connectivity index (χ2v) is 6.71. The maximum Gasteiger partial charge on any atom is 0.268 e. The van der Waals surface area contributed by atoms with Gasteiger partial charge in [-0.25, -0.2) is 14.6 Å². The van der Waals surface area contributed by atoms with E-state index < -0.39 is 0 Å². The number of H-pyrrole nitrogens is 1. The first-order chi connectivity index (χ1) is 13.7. The Kier molecular flexibility index (Phi) is 3.73. The molecule has 0 atom stereocenters. The molecule has 5 rings (SSSR count). The van der Waals surface area contributed by atoms with Crippen molar-refractivity contribution < 1.29 is 0 Å². The Morgan fingerprint density at radius 2 is 2.11 bits per heavy atom. The van der Waals surface area contributed by atoms with E-state index >= 15 is 0 Å². The molecule has 28 heavy (non-hydrogen) atoms. The lowest BCUT2D eigenvalue weighted by Gasteiger charge is -2.05. The minimum absolute atomic E-state index is 0.249. The number of aromatic amines is 1. The molecule has 0 aliphatic carbocycles. The molecule has 1 N–H and O–H groups in total. The maximum atomic E-state index is 12.9. The highest BCUT2D eigenvalue weighted by atomic mass is 35.5. The number of rotatable bonds is 3. The van der Waals surface area contributed by atoms with Gasteiger partial charge in [-0.05, 0) is 30.2 Å². The lowest BCUT2D eigenvalue weighted by atomic mass is 10.0. The molecule has 9 heteroatoms. The van der Waals surface area contributed by atoms with Crippen molar-refractivity contribution in [3.05, 3.63) is 70.1 Å². The third kappa shape index (κ3) is 2.42. The Bertz CT molecular complexity index is 1390. The summed E-state index contributed by atoms with van der Waals surface area (Å²) in [7, 11) is 0. The Morgan fingerprint density at radius 3 is 2.86 bits per heavy atom. The second kappa shape index (κ2) is 6.28. The molecule has 0 saturated heterocycles. The Morgan fingerprint density at radius 1 is 1.21 bits per heavy atom. The summed E-state index contributed by atoms with van der Waals surface area (Å²) in [6.07, 6.45) is 5.31. The zero-order valence-corrected chi connectivity index (χ0v) is 15.6. The molecule has 4 heterocycles. The number of nitrogens with zero attached hydrogens (tertiary/aromatic N) is 6. The molecule has 1 aromatic carbocycles. The monoisotopic (exact) mass is 391 g/mol. The van der Waals surface area contributed by atoms with Crippen LogP contribution in [-0.4, -0.2) is 34.3 Å². The van der Waals surface area contributed by atoms with Crippen LogP contribution in [0.25, 0.3) is 33.6 Å². The maximum absolute atomic E-state index is 12.9. The van der Waals surface area contributed by atoms with Gasteiger partial charge in [-0.3, -0.25) is 9.36 Å². The molecule has 0 bridgehead atoms. The molecule has 0 radical (unpaired) electrons. The van der Waals surface area contributed by atoms with E-state index in [1.807, 2.05) is 37.3 Å². The summed E-state index contributed by atoms with van der Waals surface area (Å²) in [5.74, 6) is 0.348. The molecule has 0 fully saturated rings. The van der Waals surface area contributed by atoms with Crippen LogP contribution >= 0.6 is 11.6 Å². The average Bonchev–Trinajstić information content (AvgIpc) is 3.35.